The topological polar surface area (TPSA) is 67.4 Å². The van der Waals surface area contributed by atoms with Crippen molar-refractivity contribution in [1.82, 2.24) is 5.32 Å². The molecule has 122 valence electrons. The molecule has 2 N–H and O–H groups in total. The molecule has 1 fully saturated rings. The molecule has 0 unspecified atom stereocenters. The van der Waals surface area contributed by atoms with Crippen LogP contribution in [0.5, 0.6) is 5.75 Å². The van der Waals surface area contributed by atoms with Crippen LogP contribution in [0, 0.1) is 0 Å². The van der Waals surface area contributed by atoms with Gasteiger partial charge in [-0.25, -0.2) is 0 Å². The Morgan fingerprint density at radius 3 is 2.67 bits per heavy atom. The highest BCUT2D eigenvalue weighted by Gasteiger charge is 2.29. The predicted molar refractivity (Wildman–Crippen MR) is 90.1 cm³/mol. The first-order chi connectivity index (χ1) is 11.7. The summed E-state index contributed by atoms with van der Waals surface area (Å²) in [4.78, 5) is 24.5. The van der Waals surface area contributed by atoms with E-state index in [0.29, 0.717) is 23.7 Å². The van der Waals surface area contributed by atoms with E-state index in [2.05, 4.69) is 10.6 Å². The highest BCUT2D eigenvalue weighted by atomic mass is 16.5. The van der Waals surface area contributed by atoms with Crippen LogP contribution in [0.2, 0.25) is 0 Å². The van der Waals surface area contributed by atoms with Crippen LogP contribution < -0.4 is 15.4 Å². The van der Waals surface area contributed by atoms with Gasteiger partial charge in [-0.2, -0.15) is 0 Å². The number of hydrogen-bond donors (Lipinski definition) is 2. The molecule has 5 nitrogen and oxygen atoms in total. The molecule has 2 amide bonds. The van der Waals surface area contributed by atoms with E-state index >= 15 is 0 Å². The molecule has 1 saturated carbocycles. The van der Waals surface area contributed by atoms with Gasteiger partial charge in [0, 0.05) is 23.7 Å². The Hall–Kier alpha value is -2.82. The number of amides is 2. The molecule has 2 aromatic carbocycles. The van der Waals surface area contributed by atoms with E-state index in [1.807, 2.05) is 24.3 Å². The molecule has 0 radical (unpaired) electrons. The molecule has 2 aromatic rings. The van der Waals surface area contributed by atoms with Crippen molar-refractivity contribution >= 4 is 17.5 Å². The van der Waals surface area contributed by atoms with Crippen LogP contribution in [0.25, 0.3) is 0 Å². The Kier molecular flexibility index (Phi) is 3.69. The molecular formula is C19H18N2O3. The number of ether oxygens (including phenoxy) is 1. The summed E-state index contributed by atoms with van der Waals surface area (Å²) < 4.78 is 5.69. The van der Waals surface area contributed by atoms with Gasteiger partial charge in [-0.05, 0) is 42.7 Å². The van der Waals surface area contributed by atoms with Gasteiger partial charge in [-0.3, -0.25) is 9.59 Å². The first-order valence-electron chi connectivity index (χ1n) is 8.15. The van der Waals surface area contributed by atoms with Gasteiger partial charge in [0.15, 0.2) is 6.10 Å². The maximum atomic E-state index is 12.4. The largest absolute Gasteiger partial charge is 0.480 e. The number of carbonyl (C=O) groups is 2. The molecular weight excluding hydrogens is 304 g/mol. The van der Waals surface area contributed by atoms with Crippen molar-refractivity contribution in [3.05, 3.63) is 59.7 Å². The molecule has 0 saturated heterocycles. The van der Waals surface area contributed by atoms with E-state index in [-0.39, 0.29) is 11.8 Å². The smallest absolute Gasteiger partial charge is 0.265 e. The van der Waals surface area contributed by atoms with Gasteiger partial charge in [0.05, 0.1) is 0 Å². The molecule has 1 aliphatic heterocycles. The molecule has 0 bridgehead atoms. The third-order valence-corrected chi connectivity index (χ3v) is 4.24. The highest BCUT2D eigenvalue weighted by molar-refractivity contribution is 5.98. The van der Waals surface area contributed by atoms with Crippen LogP contribution in [-0.2, 0) is 11.2 Å². The number of para-hydroxylation sites is 1. The minimum Gasteiger partial charge on any atom is -0.480 e. The lowest BCUT2D eigenvalue weighted by atomic mass is 10.1. The molecule has 2 aliphatic rings. The van der Waals surface area contributed by atoms with Crippen molar-refractivity contribution in [3.8, 4) is 5.75 Å². The van der Waals surface area contributed by atoms with Gasteiger partial charge >= 0.3 is 0 Å². The summed E-state index contributed by atoms with van der Waals surface area (Å²) in [5, 5.41) is 5.78. The number of anilines is 1. The predicted octanol–water partition coefficient (Wildman–Crippen LogP) is 2.52. The number of nitrogens with one attached hydrogen (secondary N) is 2. The van der Waals surface area contributed by atoms with Crippen LogP contribution in [-0.4, -0.2) is 24.0 Å². The summed E-state index contributed by atoms with van der Waals surface area (Å²) >= 11 is 0. The monoisotopic (exact) mass is 322 g/mol. The minimum absolute atomic E-state index is 0.0990. The molecule has 1 atom stereocenters. The summed E-state index contributed by atoms with van der Waals surface area (Å²) in [7, 11) is 0. The second-order valence-electron chi connectivity index (χ2n) is 6.24. The lowest BCUT2D eigenvalue weighted by Gasteiger charge is -2.12. The van der Waals surface area contributed by atoms with Gasteiger partial charge in [0.1, 0.15) is 5.75 Å². The van der Waals surface area contributed by atoms with E-state index in [1.165, 1.54) is 0 Å². The average Bonchev–Trinajstić information content (AvgIpc) is 3.29. The Morgan fingerprint density at radius 2 is 1.88 bits per heavy atom. The second-order valence-corrected chi connectivity index (χ2v) is 6.24. The normalized spacial score (nSPS) is 18.4. The molecule has 5 heteroatoms. The average molecular weight is 322 g/mol. The first kappa shape index (κ1) is 14.8. The van der Waals surface area contributed by atoms with Crippen LogP contribution in [0.1, 0.15) is 28.8 Å². The zero-order valence-electron chi connectivity index (χ0n) is 13.1. The van der Waals surface area contributed by atoms with E-state index in [9.17, 15) is 9.59 Å². The number of benzene rings is 2. The Labute approximate surface area is 140 Å². The first-order valence-corrected chi connectivity index (χ1v) is 8.15. The van der Waals surface area contributed by atoms with Crippen LogP contribution in [0.3, 0.4) is 0 Å². The zero-order valence-corrected chi connectivity index (χ0v) is 13.1. The number of fused-ring (bicyclic) bond motifs is 1. The fourth-order valence-corrected chi connectivity index (χ4v) is 2.79. The molecule has 0 aromatic heterocycles. The molecule has 1 heterocycles. The minimum atomic E-state index is -0.536. The lowest BCUT2D eigenvalue weighted by molar-refractivity contribution is -0.122. The van der Waals surface area contributed by atoms with Gasteiger partial charge in [0.2, 0.25) is 0 Å². The molecule has 24 heavy (non-hydrogen) atoms. The van der Waals surface area contributed by atoms with Crippen LogP contribution >= 0.6 is 0 Å². The standard InChI is InChI=1S/C19H18N2O3/c22-18(20-14-8-9-14)13-5-3-6-15(10-13)21-19(23)17-11-12-4-1-2-7-16(12)24-17/h1-7,10,14,17H,8-9,11H2,(H,20,22)(H,21,23)/t17-/m1/s1. The third-order valence-electron chi connectivity index (χ3n) is 4.24. The lowest BCUT2D eigenvalue weighted by Crippen LogP contribution is -2.31. The van der Waals surface area contributed by atoms with Crippen molar-refractivity contribution in [3.63, 3.8) is 0 Å². The van der Waals surface area contributed by atoms with Gasteiger partial charge in [-0.15, -0.1) is 0 Å². The van der Waals surface area contributed by atoms with Crippen molar-refractivity contribution in [2.24, 2.45) is 0 Å². The summed E-state index contributed by atoms with van der Waals surface area (Å²) in [6.45, 7) is 0. The van der Waals surface area contributed by atoms with Crippen molar-refractivity contribution in [2.75, 3.05) is 5.32 Å². The molecule has 0 spiro atoms. The van der Waals surface area contributed by atoms with Crippen LogP contribution in [0.15, 0.2) is 48.5 Å². The fraction of sp³-hybridized carbons (Fsp3) is 0.263. The van der Waals surface area contributed by atoms with Gasteiger partial charge < -0.3 is 15.4 Å². The SMILES string of the molecule is O=C(NC1CC1)c1cccc(NC(=O)[C@H]2Cc3ccccc3O2)c1. The van der Waals surface area contributed by atoms with Gasteiger partial charge in [-0.1, -0.05) is 24.3 Å². The van der Waals surface area contributed by atoms with Crippen molar-refractivity contribution in [1.29, 1.82) is 0 Å². The maximum absolute atomic E-state index is 12.4. The highest BCUT2D eigenvalue weighted by Crippen LogP contribution is 2.28. The van der Waals surface area contributed by atoms with E-state index in [4.69, 9.17) is 4.74 Å². The number of hydrogen-bond acceptors (Lipinski definition) is 3. The Balaban J connectivity index is 1.42. The number of rotatable bonds is 4. The van der Waals surface area contributed by atoms with Crippen molar-refractivity contribution < 1.29 is 14.3 Å². The third kappa shape index (κ3) is 3.11. The Bertz CT molecular complexity index is 774. The van der Waals surface area contributed by atoms with Crippen LogP contribution in [0.4, 0.5) is 5.69 Å². The number of carbonyl (C=O) groups excluding carboxylic acids is 2. The summed E-state index contributed by atoms with van der Waals surface area (Å²) in [6, 6.07) is 14.9. The zero-order chi connectivity index (χ0) is 16.5. The second kappa shape index (κ2) is 6.00. The summed E-state index contributed by atoms with van der Waals surface area (Å²) in [6.07, 6.45) is 2.11. The summed E-state index contributed by atoms with van der Waals surface area (Å²) in [5.74, 6) is 0.458. The summed E-state index contributed by atoms with van der Waals surface area (Å²) in [5.41, 5.74) is 2.19. The maximum Gasteiger partial charge on any atom is 0.265 e. The fourth-order valence-electron chi connectivity index (χ4n) is 2.79. The van der Waals surface area contributed by atoms with E-state index < -0.39 is 6.10 Å². The van der Waals surface area contributed by atoms with Crippen molar-refractivity contribution in [2.45, 2.75) is 31.4 Å². The van der Waals surface area contributed by atoms with E-state index in [1.54, 1.807) is 24.3 Å². The molecule has 4 rings (SSSR count). The quantitative estimate of drug-likeness (QED) is 0.909. The Morgan fingerprint density at radius 1 is 1.04 bits per heavy atom. The van der Waals surface area contributed by atoms with E-state index in [0.717, 1.165) is 24.2 Å². The van der Waals surface area contributed by atoms with Gasteiger partial charge in [0.25, 0.3) is 11.8 Å². The molecule has 1 aliphatic carbocycles.